The number of carbonyl (C=O) groups is 2. The van der Waals surface area contributed by atoms with Crippen molar-refractivity contribution in [2.24, 2.45) is 5.92 Å². The number of nitrogens with zero attached hydrogens (tertiary/aromatic N) is 3. The molecule has 1 N–H and O–H groups in total. The second-order valence-corrected chi connectivity index (χ2v) is 8.52. The zero-order valence-corrected chi connectivity index (χ0v) is 17.4. The van der Waals surface area contributed by atoms with Gasteiger partial charge < -0.3 is 14.8 Å². The molecule has 29 heavy (non-hydrogen) atoms. The third kappa shape index (κ3) is 4.07. The molecule has 154 valence electrons. The average molecular weight is 395 g/mol. The third-order valence-electron chi connectivity index (χ3n) is 5.95. The molecule has 2 aliphatic rings. The Morgan fingerprint density at radius 3 is 2.69 bits per heavy atom. The van der Waals surface area contributed by atoms with Crippen molar-refractivity contribution >= 4 is 11.8 Å². The fourth-order valence-electron chi connectivity index (χ4n) is 4.26. The molecule has 2 aliphatic heterocycles. The molecule has 4 rings (SSSR count). The first kappa shape index (κ1) is 19.7. The van der Waals surface area contributed by atoms with Crippen molar-refractivity contribution in [2.45, 2.75) is 59.0 Å². The highest BCUT2D eigenvalue weighted by molar-refractivity contribution is 5.97. The van der Waals surface area contributed by atoms with E-state index in [4.69, 9.17) is 0 Å². The van der Waals surface area contributed by atoms with Crippen LogP contribution < -0.4 is 5.32 Å². The van der Waals surface area contributed by atoms with Gasteiger partial charge in [-0.15, -0.1) is 0 Å². The quantitative estimate of drug-likeness (QED) is 0.847. The van der Waals surface area contributed by atoms with Gasteiger partial charge in [0.15, 0.2) is 5.82 Å². The molecule has 0 fully saturated rings. The highest BCUT2D eigenvalue weighted by Crippen LogP contribution is 2.25. The molecule has 0 radical (unpaired) electrons. The molecule has 0 unspecified atom stereocenters. The van der Waals surface area contributed by atoms with Gasteiger partial charge in [-0.1, -0.05) is 38.1 Å². The Hall–Kier alpha value is -2.63. The molecule has 2 aromatic rings. The van der Waals surface area contributed by atoms with Crippen LogP contribution in [-0.4, -0.2) is 39.4 Å². The number of rotatable bonds is 5. The molecule has 0 aliphatic carbocycles. The maximum absolute atomic E-state index is 13.3. The van der Waals surface area contributed by atoms with Crippen molar-refractivity contribution in [2.75, 3.05) is 13.1 Å². The van der Waals surface area contributed by atoms with Gasteiger partial charge in [-0.25, -0.2) is 4.98 Å². The summed E-state index contributed by atoms with van der Waals surface area (Å²) < 4.78 is 1.97. The monoisotopic (exact) mass is 394 g/mol. The van der Waals surface area contributed by atoms with Gasteiger partial charge in [0.1, 0.15) is 5.69 Å². The van der Waals surface area contributed by atoms with Crippen LogP contribution >= 0.6 is 0 Å². The molecule has 3 heterocycles. The first-order valence-electron chi connectivity index (χ1n) is 10.8. The van der Waals surface area contributed by atoms with Crippen molar-refractivity contribution < 1.29 is 9.59 Å². The number of hydrogen-bond donors (Lipinski definition) is 1. The number of fused-ring (bicyclic) bond motifs is 2. The molecule has 1 aromatic carbocycles. The number of nitrogens with one attached hydrogen (secondary N) is 1. The van der Waals surface area contributed by atoms with Crippen molar-refractivity contribution in [3.63, 3.8) is 0 Å². The predicted octanol–water partition coefficient (Wildman–Crippen LogP) is 3.19. The summed E-state index contributed by atoms with van der Waals surface area (Å²) in [5.41, 5.74) is 3.91. The Balaban J connectivity index is 1.57. The van der Waals surface area contributed by atoms with Gasteiger partial charge in [0, 0.05) is 26.2 Å². The summed E-state index contributed by atoms with van der Waals surface area (Å²) in [5.74, 6) is 0.705. The van der Waals surface area contributed by atoms with E-state index in [0.717, 1.165) is 44.3 Å². The molecule has 0 saturated heterocycles. The van der Waals surface area contributed by atoms with Crippen molar-refractivity contribution in [3.8, 4) is 0 Å². The molecule has 6 nitrogen and oxygen atoms in total. The normalized spacial score (nSPS) is 15.8. The summed E-state index contributed by atoms with van der Waals surface area (Å²) in [5, 5.41) is 2.98. The lowest BCUT2D eigenvalue weighted by molar-refractivity contribution is 0.0727. The minimum Gasteiger partial charge on any atom is -0.349 e. The van der Waals surface area contributed by atoms with Gasteiger partial charge in [-0.05, 0) is 49.1 Å². The van der Waals surface area contributed by atoms with Crippen LogP contribution in [0, 0.1) is 5.92 Å². The van der Waals surface area contributed by atoms with Crippen molar-refractivity contribution in [3.05, 3.63) is 52.6 Å². The summed E-state index contributed by atoms with van der Waals surface area (Å²) >= 11 is 0. The molecule has 0 saturated carbocycles. The summed E-state index contributed by atoms with van der Waals surface area (Å²) in [6, 6.07) is 8.29. The van der Waals surface area contributed by atoms with Crippen LogP contribution in [0.3, 0.4) is 0 Å². The minimum absolute atomic E-state index is 0.0496. The van der Waals surface area contributed by atoms with E-state index in [2.05, 4.69) is 36.3 Å². The second-order valence-electron chi connectivity index (χ2n) is 8.52. The van der Waals surface area contributed by atoms with Crippen molar-refractivity contribution in [1.82, 2.24) is 19.8 Å². The summed E-state index contributed by atoms with van der Waals surface area (Å²) in [4.78, 5) is 32.5. The Kier molecular flexibility index (Phi) is 5.69. The van der Waals surface area contributed by atoms with Crippen LogP contribution in [0.15, 0.2) is 24.3 Å². The van der Waals surface area contributed by atoms with Crippen LogP contribution in [0.4, 0.5) is 0 Å². The molecule has 6 heteroatoms. The zero-order chi connectivity index (χ0) is 20.4. The van der Waals surface area contributed by atoms with Gasteiger partial charge in [0.25, 0.3) is 11.8 Å². The van der Waals surface area contributed by atoms with E-state index in [0.29, 0.717) is 37.1 Å². The maximum atomic E-state index is 13.3. The Bertz CT molecular complexity index is 916. The summed E-state index contributed by atoms with van der Waals surface area (Å²) in [6.07, 6.45) is 4.64. The topological polar surface area (TPSA) is 67.2 Å². The van der Waals surface area contributed by atoms with E-state index < -0.39 is 0 Å². The summed E-state index contributed by atoms with van der Waals surface area (Å²) in [7, 11) is 0. The molecule has 0 bridgehead atoms. The van der Waals surface area contributed by atoms with E-state index in [9.17, 15) is 9.59 Å². The SMILES string of the molecule is CC(C)CCNC(=O)c1nc(C(=O)N2CCc3ccccc3C2)c2n1CCCC2. The first-order valence-corrected chi connectivity index (χ1v) is 10.8. The van der Waals surface area contributed by atoms with Crippen LogP contribution in [-0.2, 0) is 25.9 Å². The highest BCUT2D eigenvalue weighted by Gasteiger charge is 2.31. The third-order valence-corrected chi connectivity index (χ3v) is 5.95. The number of benzene rings is 1. The Morgan fingerprint density at radius 2 is 1.90 bits per heavy atom. The lowest BCUT2D eigenvalue weighted by Crippen LogP contribution is -2.36. The number of imidazole rings is 1. The average Bonchev–Trinajstić information content (AvgIpc) is 3.12. The largest absolute Gasteiger partial charge is 0.349 e. The van der Waals surface area contributed by atoms with E-state index in [1.807, 2.05) is 21.6 Å². The van der Waals surface area contributed by atoms with E-state index in [1.54, 1.807) is 0 Å². The minimum atomic E-state index is -0.170. The number of carbonyl (C=O) groups excluding carboxylic acids is 2. The molecule has 0 spiro atoms. The van der Waals surface area contributed by atoms with Gasteiger partial charge in [0.2, 0.25) is 0 Å². The second kappa shape index (κ2) is 8.39. The van der Waals surface area contributed by atoms with Gasteiger partial charge >= 0.3 is 0 Å². The maximum Gasteiger partial charge on any atom is 0.287 e. The fourth-order valence-corrected chi connectivity index (χ4v) is 4.26. The number of hydrogen-bond acceptors (Lipinski definition) is 3. The summed E-state index contributed by atoms with van der Waals surface area (Å²) in [6.45, 7) is 6.96. The lowest BCUT2D eigenvalue weighted by atomic mass is 9.99. The van der Waals surface area contributed by atoms with Crippen molar-refractivity contribution in [1.29, 1.82) is 0 Å². The Morgan fingerprint density at radius 1 is 1.10 bits per heavy atom. The van der Waals surface area contributed by atoms with Crippen LogP contribution in [0.2, 0.25) is 0 Å². The predicted molar refractivity (Wildman–Crippen MR) is 112 cm³/mol. The molecule has 1 aromatic heterocycles. The molecule has 2 amide bonds. The number of amides is 2. The van der Waals surface area contributed by atoms with E-state index >= 15 is 0 Å². The van der Waals surface area contributed by atoms with E-state index in [-0.39, 0.29) is 11.8 Å². The lowest BCUT2D eigenvalue weighted by Gasteiger charge is -2.28. The van der Waals surface area contributed by atoms with Crippen LogP contribution in [0.1, 0.15) is 71.0 Å². The smallest absolute Gasteiger partial charge is 0.287 e. The first-order chi connectivity index (χ1) is 14.0. The van der Waals surface area contributed by atoms with Crippen LogP contribution in [0.5, 0.6) is 0 Å². The zero-order valence-electron chi connectivity index (χ0n) is 17.4. The van der Waals surface area contributed by atoms with E-state index in [1.165, 1.54) is 11.1 Å². The standard InChI is InChI=1S/C23H30N4O2/c1-16(2)10-12-24-22(28)21-25-20(19-9-5-6-13-27(19)21)23(29)26-14-11-17-7-3-4-8-18(17)15-26/h3-4,7-8,16H,5-6,9-15H2,1-2H3,(H,24,28). The van der Waals surface area contributed by atoms with Gasteiger partial charge in [0.05, 0.1) is 5.69 Å². The Labute approximate surface area is 172 Å². The molecule has 0 atom stereocenters. The van der Waals surface area contributed by atoms with Crippen LogP contribution in [0.25, 0.3) is 0 Å². The number of aromatic nitrogens is 2. The van der Waals surface area contributed by atoms with Gasteiger partial charge in [-0.2, -0.15) is 0 Å². The fraction of sp³-hybridized carbons (Fsp3) is 0.522. The molecular formula is C23H30N4O2. The molecular weight excluding hydrogens is 364 g/mol. The highest BCUT2D eigenvalue weighted by atomic mass is 16.2. The van der Waals surface area contributed by atoms with Gasteiger partial charge in [-0.3, -0.25) is 9.59 Å².